The van der Waals surface area contributed by atoms with E-state index >= 15 is 0 Å². The van der Waals surface area contributed by atoms with Gasteiger partial charge in [-0.2, -0.15) is 4.31 Å². The van der Waals surface area contributed by atoms with Gasteiger partial charge in [-0.25, -0.2) is 8.42 Å². The molecule has 3 N–H and O–H groups in total. The highest BCUT2D eigenvalue weighted by Crippen LogP contribution is 2.30. The third-order valence-electron chi connectivity index (χ3n) is 7.04. The molecule has 0 unspecified atom stereocenters. The van der Waals surface area contributed by atoms with Gasteiger partial charge in [-0.3, -0.25) is 19.7 Å². The van der Waals surface area contributed by atoms with Crippen LogP contribution in [0.1, 0.15) is 41.8 Å². The van der Waals surface area contributed by atoms with Crippen molar-refractivity contribution in [1.29, 1.82) is 0 Å². The molecular weight excluding hydrogens is 556 g/mol. The number of rotatable bonds is 12. The van der Waals surface area contributed by atoms with Crippen LogP contribution in [0.3, 0.4) is 0 Å². The fourth-order valence-electron chi connectivity index (χ4n) is 4.93. The van der Waals surface area contributed by atoms with E-state index in [4.69, 9.17) is 0 Å². The van der Waals surface area contributed by atoms with Crippen LogP contribution in [0.5, 0.6) is 0 Å². The Hall–Kier alpha value is -3.39. The van der Waals surface area contributed by atoms with Crippen molar-refractivity contribution in [1.82, 2.24) is 14.9 Å². The number of aliphatic hydroxyl groups is 1. The number of amides is 2. The molecule has 0 saturated heterocycles. The minimum atomic E-state index is -4.27. The molecule has 0 spiro atoms. The summed E-state index contributed by atoms with van der Waals surface area (Å²) in [5.41, 5.74) is -0.568. The van der Waals surface area contributed by atoms with Crippen LogP contribution >= 0.6 is 11.3 Å². The van der Waals surface area contributed by atoms with E-state index in [1.807, 2.05) is 24.3 Å². The zero-order valence-electron chi connectivity index (χ0n) is 22.0. The molecule has 1 heterocycles. The molecule has 0 bridgehead atoms. The number of carbonyl (C=O) groups excluding carboxylic acids is 2. The number of carbonyl (C=O) groups is 2. The van der Waals surface area contributed by atoms with E-state index in [1.54, 1.807) is 6.07 Å². The summed E-state index contributed by atoms with van der Waals surface area (Å²) in [6.07, 6.45) is 3.26. The number of nitro groups is 1. The summed E-state index contributed by atoms with van der Waals surface area (Å²) >= 11 is 1.34. The van der Waals surface area contributed by atoms with E-state index in [2.05, 4.69) is 10.6 Å². The molecule has 1 aliphatic carbocycles. The number of para-hydroxylation sites is 1. The van der Waals surface area contributed by atoms with Crippen molar-refractivity contribution < 1.29 is 28.0 Å². The number of nitro benzene ring substituents is 1. The number of sulfonamides is 1. The molecule has 1 aliphatic rings. The van der Waals surface area contributed by atoms with Gasteiger partial charge >= 0.3 is 0 Å². The summed E-state index contributed by atoms with van der Waals surface area (Å²) in [5, 5.41) is 28.2. The van der Waals surface area contributed by atoms with E-state index in [9.17, 15) is 33.2 Å². The number of likely N-dealkylation sites (N-methyl/N-ethyl adjacent to an activating group) is 1. The normalized spacial score (nSPS) is 15.7. The molecule has 1 saturated carbocycles. The second-order valence-corrected chi connectivity index (χ2v) is 13.1. The number of nitrogens with zero attached hydrogens (tertiary/aromatic N) is 2. The van der Waals surface area contributed by atoms with Crippen LogP contribution in [0.2, 0.25) is 0 Å². The van der Waals surface area contributed by atoms with E-state index in [1.165, 1.54) is 30.5 Å². The summed E-state index contributed by atoms with van der Waals surface area (Å²) in [6.45, 7) is -0.675. The van der Waals surface area contributed by atoms with Gasteiger partial charge in [-0.15, -0.1) is 11.3 Å². The van der Waals surface area contributed by atoms with Crippen molar-refractivity contribution in [3.05, 3.63) is 69.6 Å². The molecule has 214 valence electrons. The predicted octanol–water partition coefficient (Wildman–Crippen LogP) is 3.29. The fraction of sp³-hybridized carbons (Fsp3) is 0.407. The first-order valence-corrected chi connectivity index (χ1v) is 15.3. The van der Waals surface area contributed by atoms with Crippen LogP contribution in [0.4, 0.5) is 5.69 Å². The Bertz CT molecular complexity index is 1450. The SMILES string of the molecule is CN(C[C@H](O)CNC(=O)[C@H](CC1CCCC1)NC(=O)c1cc2ccccc2s1)S(=O)(=O)c1ccccc1[N+](=O)[O-]. The molecule has 2 atom stereocenters. The Labute approximate surface area is 236 Å². The monoisotopic (exact) mass is 588 g/mol. The summed E-state index contributed by atoms with van der Waals surface area (Å²) < 4.78 is 27.6. The van der Waals surface area contributed by atoms with E-state index < -0.39 is 50.1 Å². The number of benzene rings is 2. The second-order valence-electron chi connectivity index (χ2n) is 9.97. The maximum atomic E-state index is 13.2. The molecule has 40 heavy (non-hydrogen) atoms. The Morgan fingerprint density at radius 1 is 1.15 bits per heavy atom. The number of aliphatic hydroxyl groups excluding tert-OH is 1. The molecule has 13 heteroatoms. The van der Waals surface area contributed by atoms with Gasteiger partial charge in [0, 0.05) is 30.9 Å². The Morgan fingerprint density at radius 2 is 1.82 bits per heavy atom. The average Bonchev–Trinajstić information content (AvgIpc) is 3.61. The van der Waals surface area contributed by atoms with Gasteiger partial charge in [0.15, 0.2) is 4.90 Å². The minimum absolute atomic E-state index is 0.268. The molecule has 0 radical (unpaired) electrons. The summed E-state index contributed by atoms with van der Waals surface area (Å²) in [5.74, 6) is -0.527. The zero-order chi connectivity index (χ0) is 28.9. The topological polar surface area (TPSA) is 159 Å². The maximum absolute atomic E-state index is 13.2. The van der Waals surface area contributed by atoms with E-state index in [-0.39, 0.29) is 12.5 Å². The fourth-order valence-corrected chi connectivity index (χ4v) is 7.26. The zero-order valence-corrected chi connectivity index (χ0v) is 23.6. The lowest BCUT2D eigenvalue weighted by Gasteiger charge is -2.23. The summed E-state index contributed by atoms with van der Waals surface area (Å²) in [6, 6.07) is 13.6. The number of thiophene rings is 1. The Kier molecular flexibility index (Phi) is 9.51. The standard InChI is InChI=1S/C27H32N4O7S2/c1-30(40(37,38)25-13-7-5-11-22(25)31(35)36)17-20(32)16-28-26(33)21(14-18-8-2-3-9-18)29-27(34)24-15-19-10-4-6-12-23(19)39-24/h4-7,10-13,15,18,20-21,32H,2-3,8-9,14,16-17H2,1H3,(H,28,33)(H,29,34)/t20-,21+/m1/s1. The van der Waals surface area contributed by atoms with Crippen molar-refractivity contribution >= 4 is 48.9 Å². The summed E-state index contributed by atoms with van der Waals surface area (Å²) in [7, 11) is -3.08. The third-order valence-corrected chi connectivity index (χ3v) is 10.0. The molecule has 1 aromatic heterocycles. The number of hydrogen-bond acceptors (Lipinski definition) is 8. The smallest absolute Gasteiger partial charge is 0.289 e. The van der Waals surface area contributed by atoms with Gasteiger partial charge in [0.25, 0.3) is 11.6 Å². The van der Waals surface area contributed by atoms with Gasteiger partial charge in [0.1, 0.15) is 6.04 Å². The highest BCUT2D eigenvalue weighted by Gasteiger charge is 2.31. The number of nitrogens with one attached hydrogen (secondary N) is 2. The largest absolute Gasteiger partial charge is 0.390 e. The first kappa shape index (κ1) is 29.6. The highest BCUT2D eigenvalue weighted by molar-refractivity contribution is 7.89. The van der Waals surface area contributed by atoms with Gasteiger partial charge in [-0.1, -0.05) is 56.0 Å². The Balaban J connectivity index is 1.39. The van der Waals surface area contributed by atoms with Crippen LogP contribution in [0, 0.1) is 16.0 Å². The van der Waals surface area contributed by atoms with Gasteiger partial charge in [-0.05, 0) is 35.9 Å². The van der Waals surface area contributed by atoms with Crippen LogP contribution in [0.25, 0.3) is 10.1 Å². The van der Waals surface area contributed by atoms with Crippen LogP contribution in [-0.2, 0) is 14.8 Å². The molecule has 0 aliphatic heterocycles. The summed E-state index contributed by atoms with van der Waals surface area (Å²) in [4.78, 5) is 36.7. The number of hydrogen-bond donors (Lipinski definition) is 3. The van der Waals surface area contributed by atoms with E-state index in [0.29, 0.717) is 17.2 Å². The van der Waals surface area contributed by atoms with Crippen molar-refractivity contribution in [3.8, 4) is 0 Å². The second kappa shape index (κ2) is 12.9. The van der Waals surface area contributed by atoms with E-state index in [0.717, 1.165) is 52.2 Å². The molecular formula is C27H32N4O7S2. The highest BCUT2D eigenvalue weighted by atomic mass is 32.2. The quantitative estimate of drug-likeness (QED) is 0.216. The first-order valence-electron chi connectivity index (χ1n) is 13.0. The van der Waals surface area contributed by atoms with Crippen molar-refractivity contribution in [2.75, 3.05) is 20.1 Å². The van der Waals surface area contributed by atoms with Gasteiger partial charge in [0.2, 0.25) is 15.9 Å². The molecule has 11 nitrogen and oxygen atoms in total. The van der Waals surface area contributed by atoms with Gasteiger partial charge in [0.05, 0.1) is 15.9 Å². The lowest BCUT2D eigenvalue weighted by atomic mass is 9.97. The predicted molar refractivity (Wildman–Crippen MR) is 152 cm³/mol. The van der Waals surface area contributed by atoms with Crippen molar-refractivity contribution in [2.45, 2.75) is 49.1 Å². The average molecular weight is 589 g/mol. The minimum Gasteiger partial charge on any atom is -0.390 e. The van der Waals surface area contributed by atoms with Crippen LogP contribution in [-0.4, -0.2) is 66.9 Å². The lowest BCUT2D eigenvalue weighted by molar-refractivity contribution is -0.387. The number of fused-ring (bicyclic) bond motifs is 1. The van der Waals surface area contributed by atoms with Crippen molar-refractivity contribution in [2.24, 2.45) is 5.92 Å². The lowest BCUT2D eigenvalue weighted by Crippen LogP contribution is -2.50. The third kappa shape index (κ3) is 7.02. The van der Waals surface area contributed by atoms with Gasteiger partial charge < -0.3 is 15.7 Å². The first-order chi connectivity index (χ1) is 19.1. The molecule has 4 rings (SSSR count). The molecule has 2 amide bonds. The van der Waals surface area contributed by atoms with Crippen LogP contribution in [0.15, 0.2) is 59.5 Å². The maximum Gasteiger partial charge on any atom is 0.289 e. The molecule has 2 aromatic carbocycles. The van der Waals surface area contributed by atoms with Crippen molar-refractivity contribution in [3.63, 3.8) is 0 Å². The molecule has 3 aromatic rings. The van der Waals surface area contributed by atoms with Crippen LogP contribution < -0.4 is 10.6 Å². The molecule has 1 fully saturated rings. The Morgan fingerprint density at radius 3 is 2.52 bits per heavy atom.